The molecule has 1 N–H and O–H groups in total. The third-order valence-electron chi connectivity index (χ3n) is 4.52. The van der Waals surface area contributed by atoms with Gasteiger partial charge in [0.15, 0.2) is 0 Å². The van der Waals surface area contributed by atoms with Gasteiger partial charge in [-0.1, -0.05) is 30.3 Å². The van der Waals surface area contributed by atoms with Crippen molar-refractivity contribution in [2.75, 3.05) is 20.3 Å². The highest BCUT2D eigenvalue weighted by molar-refractivity contribution is 5.17. The molecule has 5 heteroatoms. The Morgan fingerprint density at radius 3 is 2.92 bits per heavy atom. The lowest BCUT2D eigenvalue weighted by Crippen LogP contribution is -2.47. The summed E-state index contributed by atoms with van der Waals surface area (Å²) in [6, 6.07) is 11.1. The van der Waals surface area contributed by atoms with Crippen LogP contribution in [0.5, 0.6) is 0 Å². The monoisotopic (exact) mass is 329 g/mol. The van der Waals surface area contributed by atoms with Crippen molar-refractivity contribution in [2.24, 2.45) is 7.05 Å². The summed E-state index contributed by atoms with van der Waals surface area (Å²) in [7, 11) is 3.70. The molecule has 1 aliphatic heterocycles. The van der Waals surface area contributed by atoms with Crippen LogP contribution in [0.25, 0.3) is 0 Å². The van der Waals surface area contributed by atoms with Crippen molar-refractivity contribution >= 4 is 0 Å². The van der Waals surface area contributed by atoms with Crippen LogP contribution in [0, 0.1) is 0 Å². The molecule has 24 heavy (non-hydrogen) atoms. The van der Waals surface area contributed by atoms with Gasteiger partial charge < -0.3 is 14.8 Å². The molecule has 0 saturated carbocycles. The fourth-order valence-electron chi connectivity index (χ4n) is 3.44. The van der Waals surface area contributed by atoms with Crippen molar-refractivity contribution in [1.29, 1.82) is 0 Å². The molecule has 0 bridgehead atoms. The van der Waals surface area contributed by atoms with Crippen molar-refractivity contribution in [2.45, 2.75) is 37.5 Å². The molecular formula is C19H27N3O2. The van der Waals surface area contributed by atoms with Gasteiger partial charge in [0.25, 0.3) is 0 Å². The Kier molecular flexibility index (Phi) is 6.01. The standard InChI is InChI=1S/C19H27N3O2/c1-22-13-16(12-20-22)19-18(9-6-10-24-19)21-17(14-23-2)11-15-7-4-3-5-8-15/h3-5,7-8,12-13,17-19,21H,6,9-11,14H2,1-2H3/t17-,18+,19-/m1/s1. The van der Waals surface area contributed by atoms with Crippen LogP contribution in [0.3, 0.4) is 0 Å². The lowest BCUT2D eigenvalue weighted by Gasteiger charge is -2.35. The van der Waals surface area contributed by atoms with Crippen LogP contribution < -0.4 is 5.32 Å². The van der Waals surface area contributed by atoms with Gasteiger partial charge in [-0.05, 0) is 24.8 Å². The van der Waals surface area contributed by atoms with Crippen LogP contribution in [0.15, 0.2) is 42.7 Å². The van der Waals surface area contributed by atoms with Gasteiger partial charge in [0.1, 0.15) is 6.10 Å². The maximum absolute atomic E-state index is 6.06. The summed E-state index contributed by atoms with van der Waals surface area (Å²) in [5.74, 6) is 0. The molecule has 0 unspecified atom stereocenters. The molecular weight excluding hydrogens is 302 g/mol. The number of benzene rings is 1. The fraction of sp³-hybridized carbons (Fsp3) is 0.526. The molecule has 1 aliphatic rings. The van der Waals surface area contributed by atoms with Gasteiger partial charge in [0.2, 0.25) is 0 Å². The van der Waals surface area contributed by atoms with E-state index in [9.17, 15) is 0 Å². The Balaban J connectivity index is 1.69. The minimum Gasteiger partial charge on any atom is -0.383 e. The molecule has 0 radical (unpaired) electrons. The fourth-order valence-corrected chi connectivity index (χ4v) is 3.44. The predicted molar refractivity (Wildman–Crippen MR) is 93.9 cm³/mol. The smallest absolute Gasteiger partial charge is 0.101 e. The van der Waals surface area contributed by atoms with E-state index in [4.69, 9.17) is 9.47 Å². The van der Waals surface area contributed by atoms with Gasteiger partial charge in [-0.3, -0.25) is 4.68 Å². The average molecular weight is 329 g/mol. The van der Waals surface area contributed by atoms with E-state index in [1.165, 1.54) is 5.56 Å². The lowest BCUT2D eigenvalue weighted by molar-refractivity contribution is -0.0168. The Bertz CT molecular complexity index is 614. The van der Waals surface area contributed by atoms with Gasteiger partial charge >= 0.3 is 0 Å². The van der Waals surface area contributed by atoms with E-state index in [1.54, 1.807) is 7.11 Å². The topological polar surface area (TPSA) is 48.3 Å². The first-order valence-electron chi connectivity index (χ1n) is 8.65. The van der Waals surface area contributed by atoms with E-state index >= 15 is 0 Å². The van der Waals surface area contributed by atoms with Crippen LogP contribution >= 0.6 is 0 Å². The quantitative estimate of drug-likeness (QED) is 0.848. The second kappa shape index (κ2) is 8.42. The number of rotatable bonds is 7. The summed E-state index contributed by atoms with van der Waals surface area (Å²) < 4.78 is 13.3. The second-order valence-corrected chi connectivity index (χ2v) is 6.50. The molecule has 3 rings (SSSR count). The number of nitrogens with one attached hydrogen (secondary N) is 1. The van der Waals surface area contributed by atoms with Gasteiger partial charge in [-0.15, -0.1) is 0 Å². The maximum Gasteiger partial charge on any atom is 0.101 e. The number of hydrogen-bond donors (Lipinski definition) is 1. The number of nitrogens with zero attached hydrogens (tertiary/aromatic N) is 2. The number of methoxy groups -OCH3 is 1. The molecule has 1 saturated heterocycles. The highest BCUT2D eigenvalue weighted by Crippen LogP contribution is 2.28. The summed E-state index contributed by atoms with van der Waals surface area (Å²) in [6.07, 6.45) is 7.15. The second-order valence-electron chi connectivity index (χ2n) is 6.50. The molecule has 2 heterocycles. The van der Waals surface area contributed by atoms with Crippen LogP contribution in [0.4, 0.5) is 0 Å². The molecule has 0 aliphatic carbocycles. The predicted octanol–water partition coefficient (Wildman–Crippen LogP) is 2.49. The zero-order valence-corrected chi connectivity index (χ0v) is 14.5. The number of ether oxygens (including phenoxy) is 2. The SMILES string of the molecule is COC[C@@H](Cc1ccccc1)N[C@H]1CCCO[C@@H]1c1cnn(C)c1. The third kappa shape index (κ3) is 4.44. The molecule has 3 atom stereocenters. The number of aromatic nitrogens is 2. The van der Waals surface area contributed by atoms with E-state index < -0.39 is 0 Å². The molecule has 0 spiro atoms. The summed E-state index contributed by atoms with van der Waals surface area (Å²) in [5, 5.41) is 8.07. The van der Waals surface area contributed by atoms with E-state index in [2.05, 4.69) is 40.7 Å². The van der Waals surface area contributed by atoms with E-state index in [0.29, 0.717) is 6.61 Å². The Labute approximate surface area is 144 Å². The summed E-state index contributed by atoms with van der Waals surface area (Å²) >= 11 is 0. The van der Waals surface area contributed by atoms with Crippen molar-refractivity contribution < 1.29 is 9.47 Å². The average Bonchev–Trinajstić information content (AvgIpc) is 3.03. The van der Waals surface area contributed by atoms with Crippen molar-refractivity contribution in [1.82, 2.24) is 15.1 Å². The summed E-state index contributed by atoms with van der Waals surface area (Å²) in [4.78, 5) is 0. The number of aryl methyl sites for hydroxylation is 1. The molecule has 0 amide bonds. The normalized spacial score (nSPS) is 22.4. The van der Waals surface area contributed by atoms with Gasteiger partial charge in [0.05, 0.1) is 12.8 Å². The highest BCUT2D eigenvalue weighted by Gasteiger charge is 2.30. The molecule has 1 aromatic carbocycles. The van der Waals surface area contributed by atoms with Gasteiger partial charge in [-0.25, -0.2) is 0 Å². The molecule has 2 aromatic rings. The third-order valence-corrected chi connectivity index (χ3v) is 4.52. The molecule has 1 aromatic heterocycles. The minimum absolute atomic E-state index is 0.0579. The Hall–Kier alpha value is -1.69. The molecule has 1 fully saturated rings. The van der Waals surface area contributed by atoms with Crippen LogP contribution in [-0.4, -0.2) is 42.2 Å². The minimum atomic E-state index is 0.0579. The summed E-state index contributed by atoms with van der Waals surface area (Å²) in [5.41, 5.74) is 2.47. The zero-order chi connectivity index (χ0) is 16.8. The van der Waals surface area contributed by atoms with E-state index in [1.807, 2.05) is 24.1 Å². The largest absolute Gasteiger partial charge is 0.383 e. The van der Waals surface area contributed by atoms with E-state index in [0.717, 1.165) is 31.4 Å². The van der Waals surface area contributed by atoms with E-state index in [-0.39, 0.29) is 18.2 Å². The lowest BCUT2D eigenvalue weighted by atomic mass is 9.96. The number of hydrogen-bond acceptors (Lipinski definition) is 4. The molecule has 130 valence electrons. The first kappa shape index (κ1) is 17.1. The zero-order valence-electron chi connectivity index (χ0n) is 14.5. The van der Waals surface area contributed by atoms with Crippen molar-refractivity contribution in [3.63, 3.8) is 0 Å². The van der Waals surface area contributed by atoms with Crippen molar-refractivity contribution in [3.05, 3.63) is 53.9 Å². The van der Waals surface area contributed by atoms with Crippen LogP contribution in [0.1, 0.15) is 30.1 Å². The first-order chi connectivity index (χ1) is 11.8. The first-order valence-corrected chi connectivity index (χ1v) is 8.65. The Morgan fingerprint density at radius 1 is 1.38 bits per heavy atom. The maximum atomic E-state index is 6.06. The highest BCUT2D eigenvalue weighted by atomic mass is 16.5. The van der Waals surface area contributed by atoms with Gasteiger partial charge in [0, 0.05) is 44.6 Å². The van der Waals surface area contributed by atoms with Crippen molar-refractivity contribution in [3.8, 4) is 0 Å². The summed E-state index contributed by atoms with van der Waals surface area (Å²) in [6.45, 7) is 1.50. The molecule has 5 nitrogen and oxygen atoms in total. The van der Waals surface area contributed by atoms with Crippen LogP contribution in [0.2, 0.25) is 0 Å². The van der Waals surface area contributed by atoms with Gasteiger partial charge in [-0.2, -0.15) is 5.10 Å². The van der Waals surface area contributed by atoms with Crippen LogP contribution in [-0.2, 0) is 22.9 Å². The Morgan fingerprint density at radius 2 is 2.21 bits per heavy atom.